The summed E-state index contributed by atoms with van der Waals surface area (Å²) >= 11 is 0. The molecule has 2 N–H and O–H groups in total. The Balaban J connectivity index is 2.25. The van der Waals surface area contributed by atoms with Gasteiger partial charge in [-0.1, -0.05) is 18.2 Å². The third-order valence-electron chi connectivity index (χ3n) is 3.16. The Morgan fingerprint density at radius 3 is 2.74 bits per heavy atom. The summed E-state index contributed by atoms with van der Waals surface area (Å²) in [7, 11) is 1.43. The molecule has 0 bridgehead atoms. The minimum absolute atomic E-state index is 0.00706. The molecule has 0 unspecified atom stereocenters. The van der Waals surface area contributed by atoms with Crippen molar-refractivity contribution in [2.75, 3.05) is 12.4 Å². The standard InChI is InChI=1S/C18H16N2O3/c1-12-4-3-5-15(8-12)20-18(22)14(11-19)9-13-6-7-16(21)17(10-13)23-2/h3-10,21H,1-2H3,(H,20,22)/b14-9-. The lowest BCUT2D eigenvalue weighted by Gasteiger charge is -2.06. The van der Waals surface area contributed by atoms with E-state index in [0.717, 1.165) is 5.56 Å². The Morgan fingerprint density at radius 1 is 1.30 bits per heavy atom. The average molecular weight is 308 g/mol. The molecule has 0 aromatic heterocycles. The molecule has 5 nitrogen and oxygen atoms in total. The molecule has 5 heteroatoms. The topological polar surface area (TPSA) is 82.3 Å². The number of phenols is 1. The maximum absolute atomic E-state index is 12.2. The molecule has 0 saturated heterocycles. The Morgan fingerprint density at radius 2 is 2.09 bits per heavy atom. The molecule has 0 aliphatic rings. The van der Waals surface area contributed by atoms with Gasteiger partial charge in [0.05, 0.1) is 7.11 Å². The van der Waals surface area contributed by atoms with Crippen molar-refractivity contribution in [3.63, 3.8) is 0 Å². The van der Waals surface area contributed by atoms with E-state index < -0.39 is 5.91 Å². The Hall–Kier alpha value is -3.26. The summed E-state index contributed by atoms with van der Waals surface area (Å²) in [6.07, 6.45) is 1.44. The number of anilines is 1. The first kappa shape index (κ1) is 16.1. The van der Waals surface area contributed by atoms with Crippen LogP contribution < -0.4 is 10.1 Å². The second-order valence-corrected chi connectivity index (χ2v) is 4.92. The second-order valence-electron chi connectivity index (χ2n) is 4.92. The number of aromatic hydroxyl groups is 1. The number of nitriles is 1. The van der Waals surface area contributed by atoms with Crippen molar-refractivity contribution in [2.24, 2.45) is 0 Å². The number of aryl methyl sites for hydroxylation is 1. The van der Waals surface area contributed by atoms with Crippen LogP contribution in [0.2, 0.25) is 0 Å². The summed E-state index contributed by atoms with van der Waals surface area (Å²) in [5.41, 5.74) is 2.17. The van der Waals surface area contributed by atoms with E-state index in [1.54, 1.807) is 18.2 Å². The highest BCUT2D eigenvalue weighted by Gasteiger charge is 2.10. The molecule has 0 saturated carbocycles. The second kappa shape index (κ2) is 7.14. The lowest BCUT2D eigenvalue weighted by Crippen LogP contribution is -2.13. The quantitative estimate of drug-likeness (QED) is 0.671. The predicted molar refractivity (Wildman–Crippen MR) is 88.1 cm³/mol. The highest BCUT2D eigenvalue weighted by Crippen LogP contribution is 2.27. The monoisotopic (exact) mass is 308 g/mol. The number of carbonyl (C=O) groups is 1. The predicted octanol–water partition coefficient (Wildman–Crippen LogP) is 3.25. The number of hydrogen-bond acceptors (Lipinski definition) is 4. The number of amides is 1. The van der Waals surface area contributed by atoms with E-state index in [4.69, 9.17) is 4.74 Å². The van der Waals surface area contributed by atoms with Crippen LogP contribution in [0.5, 0.6) is 11.5 Å². The number of nitrogens with one attached hydrogen (secondary N) is 1. The van der Waals surface area contributed by atoms with Gasteiger partial charge < -0.3 is 15.2 Å². The molecular formula is C18H16N2O3. The van der Waals surface area contributed by atoms with Gasteiger partial charge in [0.2, 0.25) is 0 Å². The fourth-order valence-electron chi connectivity index (χ4n) is 2.02. The summed E-state index contributed by atoms with van der Waals surface area (Å²) in [5.74, 6) is -0.229. The number of methoxy groups -OCH3 is 1. The molecule has 1 amide bonds. The number of ether oxygens (including phenoxy) is 1. The SMILES string of the molecule is COc1cc(/C=C(/C#N)C(=O)Nc2cccc(C)c2)ccc1O. The van der Waals surface area contributed by atoms with E-state index in [1.165, 1.54) is 19.3 Å². The molecule has 0 radical (unpaired) electrons. The maximum atomic E-state index is 12.2. The Bertz CT molecular complexity index is 804. The molecule has 0 atom stereocenters. The normalized spacial score (nSPS) is 10.7. The van der Waals surface area contributed by atoms with Crippen LogP contribution in [-0.4, -0.2) is 18.1 Å². The lowest BCUT2D eigenvalue weighted by molar-refractivity contribution is -0.112. The van der Waals surface area contributed by atoms with Crippen molar-refractivity contribution in [2.45, 2.75) is 6.92 Å². The van der Waals surface area contributed by atoms with Gasteiger partial charge in [0, 0.05) is 5.69 Å². The largest absolute Gasteiger partial charge is 0.504 e. The molecule has 0 aliphatic heterocycles. The Kier molecular flexibility index (Phi) is 5.00. The summed E-state index contributed by atoms with van der Waals surface area (Å²) in [4.78, 5) is 12.2. The van der Waals surface area contributed by atoms with Gasteiger partial charge in [-0.3, -0.25) is 4.79 Å². The van der Waals surface area contributed by atoms with Gasteiger partial charge >= 0.3 is 0 Å². The van der Waals surface area contributed by atoms with Gasteiger partial charge in [-0.15, -0.1) is 0 Å². The molecule has 0 fully saturated rings. The van der Waals surface area contributed by atoms with Gasteiger partial charge in [0.1, 0.15) is 11.6 Å². The van der Waals surface area contributed by atoms with Crippen molar-refractivity contribution in [1.29, 1.82) is 5.26 Å². The van der Waals surface area contributed by atoms with Crippen LogP contribution >= 0.6 is 0 Å². The molecule has 0 heterocycles. The van der Waals surface area contributed by atoms with Crippen LogP contribution in [0.3, 0.4) is 0 Å². The summed E-state index contributed by atoms with van der Waals surface area (Å²) in [6, 6.07) is 13.8. The van der Waals surface area contributed by atoms with E-state index in [0.29, 0.717) is 11.3 Å². The van der Waals surface area contributed by atoms with E-state index in [2.05, 4.69) is 5.32 Å². The fourth-order valence-corrected chi connectivity index (χ4v) is 2.02. The molecule has 0 spiro atoms. The van der Waals surface area contributed by atoms with E-state index in [9.17, 15) is 15.2 Å². The van der Waals surface area contributed by atoms with Gasteiger partial charge in [0.25, 0.3) is 5.91 Å². The van der Waals surface area contributed by atoms with Gasteiger partial charge in [-0.05, 0) is 48.4 Å². The van der Waals surface area contributed by atoms with Gasteiger partial charge in [-0.2, -0.15) is 5.26 Å². The van der Waals surface area contributed by atoms with Crippen molar-refractivity contribution in [1.82, 2.24) is 0 Å². The van der Waals surface area contributed by atoms with E-state index in [-0.39, 0.29) is 17.1 Å². The maximum Gasteiger partial charge on any atom is 0.266 e. The van der Waals surface area contributed by atoms with Crippen LogP contribution in [-0.2, 0) is 4.79 Å². The smallest absolute Gasteiger partial charge is 0.266 e. The first-order valence-electron chi connectivity index (χ1n) is 6.90. The van der Waals surface area contributed by atoms with Gasteiger partial charge in [-0.25, -0.2) is 0 Å². The average Bonchev–Trinajstić information content (AvgIpc) is 2.53. The number of rotatable bonds is 4. The van der Waals surface area contributed by atoms with Crippen LogP contribution in [0, 0.1) is 18.3 Å². The minimum atomic E-state index is -0.495. The van der Waals surface area contributed by atoms with Crippen molar-refractivity contribution in [3.05, 3.63) is 59.2 Å². The third-order valence-corrected chi connectivity index (χ3v) is 3.16. The number of carbonyl (C=O) groups excluding carboxylic acids is 1. The zero-order valence-electron chi connectivity index (χ0n) is 12.8. The van der Waals surface area contributed by atoms with Crippen LogP contribution in [0.25, 0.3) is 6.08 Å². The highest BCUT2D eigenvalue weighted by molar-refractivity contribution is 6.09. The van der Waals surface area contributed by atoms with E-state index >= 15 is 0 Å². The Labute approximate surface area is 134 Å². The first-order valence-corrected chi connectivity index (χ1v) is 6.90. The molecule has 0 aliphatic carbocycles. The van der Waals surface area contributed by atoms with Crippen LogP contribution in [0.1, 0.15) is 11.1 Å². The molecule has 2 rings (SSSR count). The minimum Gasteiger partial charge on any atom is -0.504 e. The van der Waals surface area contributed by atoms with Crippen LogP contribution in [0.15, 0.2) is 48.0 Å². The van der Waals surface area contributed by atoms with Crippen molar-refractivity contribution >= 4 is 17.7 Å². The summed E-state index contributed by atoms with van der Waals surface area (Å²) in [5, 5.41) is 21.5. The van der Waals surface area contributed by atoms with Gasteiger partial charge in [0.15, 0.2) is 11.5 Å². The third kappa shape index (κ3) is 4.11. The molecule has 2 aromatic carbocycles. The van der Waals surface area contributed by atoms with Crippen LogP contribution in [0.4, 0.5) is 5.69 Å². The molecule has 2 aromatic rings. The fraction of sp³-hybridized carbons (Fsp3) is 0.111. The number of phenolic OH excluding ortho intramolecular Hbond substituents is 1. The molecule has 23 heavy (non-hydrogen) atoms. The number of hydrogen-bond donors (Lipinski definition) is 2. The zero-order chi connectivity index (χ0) is 16.8. The molecular weight excluding hydrogens is 292 g/mol. The number of benzene rings is 2. The first-order chi connectivity index (χ1) is 11.0. The lowest BCUT2D eigenvalue weighted by atomic mass is 10.1. The molecule has 116 valence electrons. The summed E-state index contributed by atoms with van der Waals surface area (Å²) < 4.78 is 5.01. The summed E-state index contributed by atoms with van der Waals surface area (Å²) in [6.45, 7) is 1.92. The van der Waals surface area contributed by atoms with Crippen molar-refractivity contribution in [3.8, 4) is 17.6 Å². The van der Waals surface area contributed by atoms with E-state index in [1.807, 2.05) is 31.2 Å². The van der Waals surface area contributed by atoms with Crippen molar-refractivity contribution < 1.29 is 14.6 Å². The zero-order valence-corrected chi connectivity index (χ0v) is 12.8. The highest BCUT2D eigenvalue weighted by atomic mass is 16.5. The number of nitrogens with zero attached hydrogens (tertiary/aromatic N) is 1.